The molecular formula is C13H10O2. The number of hydrogen-bond donors (Lipinski definition) is 0. The summed E-state index contributed by atoms with van der Waals surface area (Å²) >= 11 is 0. The summed E-state index contributed by atoms with van der Waals surface area (Å²) in [6, 6.07) is 7.54. The van der Waals surface area contributed by atoms with Crippen LogP contribution >= 0.6 is 0 Å². The molecule has 1 aliphatic rings. The third-order valence-electron chi connectivity index (χ3n) is 2.41. The number of allylic oxidation sites excluding steroid dienone is 4. The summed E-state index contributed by atoms with van der Waals surface area (Å²) in [4.78, 5) is 22.8. The fraction of sp³-hybridized carbons (Fsp3) is 0.0769. The van der Waals surface area contributed by atoms with Crippen LogP contribution in [0.25, 0.3) is 5.57 Å². The molecule has 2 rings (SSSR count). The van der Waals surface area contributed by atoms with E-state index in [1.807, 2.05) is 31.2 Å². The summed E-state index contributed by atoms with van der Waals surface area (Å²) in [7, 11) is 0. The van der Waals surface area contributed by atoms with Crippen LogP contribution < -0.4 is 0 Å². The molecule has 0 heterocycles. The van der Waals surface area contributed by atoms with Crippen molar-refractivity contribution in [2.24, 2.45) is 0 Å². The first-order valence-electron chi connectivity index (χ1n) is 4.73. The lowest BCUT2D eigenvalue weighted by Crippen LogP contribution is -2.15. The van der Waals surface area contributed by atoms with Crippen LogP contribution in [0.2, 0.25) is 0 Å². The van der Waals surface area contributed by atoms with Crippen LogP contribution in [-0.4, -0.2) is 11.6 Å². The third-order valence-corrected chi connectivity index (χ3v) is 2.41. The first kappa shape index (κ1) is 9.59. The molecule has 2 heteroatoms. The minimum atomic E-state index is -0.448. The fourth-order valence-corrected chi connectivity index (χ4v) is 1.60. The van der Waals surface area contributed by atoms with Gasteiger partial charge in [-0.3, -0.25) is 9.59 Å². The molecule has 0 atom stereocenters. The van der Waals surface area contributed by atoms with Crippen molar-refractivity contribution in [3.05, 3.63) is 53.6 Å². The van der Waals surface area contributed by atoms with Gasteiger partial charge in [0, 0.05) is 5.57 Å². The highest BCUT2D eigenvalue weighted by molar-refractivity contribution is 6.57. The Balaban J connectivity index is 2.53. The number of benzene rings is 1. The predicted octanol–water partition coefficient (Wildman–Crippen LogP) is 2.09. The van der Waals surface area contributed by atoms with E-state index in [0.717, 1.165) is 11.1 Å². The molecule has 1 aromatic rings. The Kier molecular flexibility index (Phi) is 2.34. The van der Waals surface area contributed by atoms with E-state index >= 15 is 0 Å². The first-order chi connectivity index (χ1) is 7.20. The van der Waals surface area contributed by atoms with Crippen molar-refractivity contribution in [2.75, 3.05) is 0 Å². The topological polar surface area (TPSA) is 34.1 Å². The molecule has 0 spiro atoms. The van der Waals surface area contributed by atoms with Crippen molar-refractivity contribution >= 4 is 17.1 Å². The lowest BCUT2D eigenvalue weighted by Gasteiger charge is -2.09. The van der Waals surface area contributed by atoms with Gasteiger partial charge in [-0.15, -0.1) is 0 Å². The Morgan fingerprint density at radius 1 is 1.07 bits per heavy atom. The van der Waals surface area contributed by atoms with E-state index in [4.69, 9.17) is 0 Å². The van der Waals surface area contributed by atoms with Gasteiger partial charge in [-0.2, -0.15) is 0 Å². The lowest BCUT2D eigenvalue weighted by atomic mass is 9.92. The highest BCUT2D eigenvalue weighted by atomic mass is 16.2. The molecule has 0 saturated heterocycles. The van der Waals surface area contributed by atoms with Crippen LogP contribution in [0.3, 0.4) is 0 Å². The van der Waals surface area contributed by atoms with Gasteiger partial charge in [0.1, 0.15) is 0 Å². The molecule has 2 nitrogen and oxygen atoms in total. The van der Waals surface area contributed by atoms with Gasteiger partial charge in [-0.05, 0) is 24.1 Å². The molecule has 1 aliphatic carbocycles. The maximum Gasteiger partial charge on any atom is 0.233 e. The largest absolute Gasteiger partial charge is 0.286 e. The van der Waals surface area contributed by atoms with E-state index in [2.05, 4.69) is 0 Å². The Morgan fingerprint density at radius 3 is 2.53 bits per heavy atom. The summed E-state index contributed by atoms with van der Waals surface area (Å²) in [6.07, 6.45) is 4.60. The summed E-state index contributed by atoms with van der Waals surface area (Å²) in [6.45, 7) is 1.92. The number of rotatable bonds is 1. The van der Waals surface area contributed by atoms with Crippen LogP contribution in [0.5, 0.6) is 0 Å². The second kappa shape index (κ2) is 3.65. The SMILES string of the molecule is Cc1ccccc1C1=CC=CC(=O)C1=O. The number of hydrogen-bond acceptors (Lipinski definition) is 2. The normalized spacial score (nSPS) is 15.4. The molecule has 74 valence electrons. The average Bonchev–Trinajstić information content (AvgIpc) is 2.23. The van der Waals surface area contributed by atoms with Gasteiger partial charge in [0.25, 0.3) is 0 Å². The van der Waals surface area contributed by atoms with Gasteiger partial charge < -0.3 is 0 Å². The minimum absolute atomic E-state index is 0.424. The first-order valence-corrected chi connectivity index (χ1v) is 4.73. The van der Waals surface area contributed by atoms with Crippen molar-refractivity contribution in [1.82, 2.24) is 0 Å². The van der Waals surface area contributed by atoms with E-state index in [1.165, 1.54) is 6.08 Å². The number of carbonyl (C=O) groups excluding carboxylic acids is 2. The zero-order chi connectivity index (χ0) is 10.8. The Hall–Kier alpha value is -1.96. The summed E-state index contributed by atoms with van der Waals surface area (Å²) in [5, 5.41) is 0. The minimum Gasteiger partial charge on any atom is -0.286 e. The number of carbonyl (C=O) groups is 2. The summed E-state index contributed by atoms with van der Waals surface area (Å²) < 4.78 is 0. The molecule has 0 aromatic heterocycles. The molecule has 0 N–H and O–H groups in total. The number of Topliss-reactive ketones (excluding diaryl/α,β-unsaturated/α-hetero) is 1. The maximum atomic E-state index is 11.6. The standard InChI is InChI=1S/C13H10O2/c1-9-5-2-3-6-10(9)11-7-4-8-12(14)13(11)15/h2-8H,1H3. The molecular weight excluding hydrogens is 188 g/mol. The highest BCUT2D eigenvalue weighted by Gasteiger charge is 2.20. The lowest BCUT2D eigenvalue weighted by molar-refractivity contribution is -0.130. The molecule has 0 bridgehead atoms. The van der Waals surface area contributed by atoms with Crippen LogP contribution in [0, 0.1) is 6.92 Å². The molecule has 0 saturated carbocycles. The van der Waals surface area contributed by atoms with Crippen molar-refractivity contribution < 1.29 is 9.59 Å². The van der Waals surface area contributed by atoms with Crippen molar-refractivity contribution in [3.63, 3.8) is 0 Å². The van der Waals surface area contributed by atoms with Crippen molar-refractivity contribution in [2.45, 2.75) is 6.92 Å². The maximum absolute atomic E-state index is 11.6. The van der Waals surface area contributed by atoms with Gasteiger partial charge in [-0.25, -0.2) is 0 Å². The number of ketones is 2. The Labute approximate surface area is 87.9 Å². The van der Waals surface area contributed by atoms with Gasteiger partial charge in [0.15, 0.2) is 0 Å². The summed E-state index contributed by atoms with van der Waals surface area (Å²) in [5.74, 6) is -0.873. The third kappa shape index (κ3) is 1.66. The second-order valence-electron chi connectivity index (χ2n) is 3.45. The zero-order valence-electron chi connectivity index (χ0n) is 8.36. The van der Waals surface area contributed by atoms with E-state index in [9.17, 15) is 9.59 Å². The van der Waals surface area contributed by atoms with Gasteiger partial charge in [-0.1, -0.05) is 36.4 Å². The molecule has 0 fully saturated rings. The van der Waals surface area contributed by atoms with Crippen LogP contribution in [0.4, 0.5) is 0 Å². The van der Waals surface area contributed by atoms with E-state index in [0.29, 0.717) is 5.57 Å². The van der Waals surface area contributed by atoms with Crippen molar-refractivity contribution in [3.8, 4) is 0 Å². The van der Waals surface area contributed by atoms with E-state index < -0.39 is 11.6 Å². The van der Waals surface area contributed by atoms with Gasteiger partial charge in [0.2, 0.25) is 11.6 Å². The smallest absolute Gasteiger partial charge is 0.233 e. The summed E-state index contributed by atoms with van der Waals surface area (Å²) in [5.41, 5.74) is 2.32. The highest BCUT2D eigenvalue weighted by Crippen LogP contribution is 2.22. The van der Waals surface area contributed by atoms with Crippen LogP contribution in [0.15, 0.2) is 42.5 Å². The fourth-order valence-electron chi connectivity index (χ4n) is 1.60. The predicted molar refractivity (Wildman–Crippen MR) is 58.3 cm³/mol. The Morgan fingerprint density at radius 2 is 1.80 bits per heavy atom. The van der Waals surface area contributed by atoms with E-state index in [1.54, 1.807) is 12.2 Å². The molecule has 15 heavy (non-hydrogen) atoms. The van der Waals surface area contributed by atoms with Crippen LogP contribution in [0.1, 0.15) is 11.1 Å². The molecule has 0 amide bonds. The zero-order valence-corrected chi connectivity index (χ0v) is 8.36. The molecule has 0 unspecified atom stereocenters. The van der Waals surface area contributed by atoms with Gasteiger partial charge >= 0.3 is 0 Å². The van der Waals surface area contributed by atoms with Gasteiger partial charge in [0.05, 0.1) is 0 Å². The van der Waals surface area contributed by atoms with E-state index in [-0.39, 0.29) is 0 Å². The Bertz CT molecular complexity index is 493. The van der Waals surface area contributed by atoms with Crippen LogP contribution in [-0.2, 0) is 9.59 Å². The average molecular weight is 198 g/mol. The second-order valence-corrected chi connectivity index (χ2v) is 3.45. The molecule has 1 aromatic carbocycles. The van der Waals surface area contributed by atoms with Crippen molar-refractivity contribution in [1.29, 1.82) is 0 Å². The molecule has 0 aliphatic heterocycles. The molecule has 0 radical (unpaired) electrons. The monoisotopic (exact) mass is 198 g/mol. The number of aryl methyl sites for hydroxylation is 1. The quantitative estimate of drug-likeness (QED) is 0.511.